The minimum atomic E-state index is -1.17. The average Bonchev–Trinajstić information content (AvgIpc) is 2.54. The van der Waals surface area contributed by atoms with E-state index in [4.69, 9.17) is 5.11 Å². The average molecular weight is 327 g/mol. The van der Waals surface area contributed by atoms with E-state index in [-0.39, 0.29) is 22.7 Å². The van der Waals surface area contributed by atoms with Gasteiger partial charge in [-0.15, -0.1) is 0 Å². The molecule has 1 N–H and O–H groups in total. The van der Waals surface area contributed by atoms with Gasteiger partial charge in [0.15, 0.2) is 5.69 Å². The van der Waals surface area contributed by atoms with Gasteiger partial charge in [-0.3, -0.25) is 4.79 Å². The number of carbonyl (C=O) groups is 2. The van der Waals surface area contributed by atoms with E-state index in [0.29, 0.717) is 6.54 Å². The second-order valence-corrected chi connectivity index (χ2v) is 6.50. The highest BCUT2D eigenvalue weighted by Gasteiger charge is 2.26. The zero-order valence-electron chi connectivity index (χ0n) is 14.3. The van der Waals surface area contributed by atoms with Gasteiger partial charge in [0.25, 0.3) is 5.91 Å². The Bertz CT molecular complexity index is 737. The first kappa shape index (κ1) is 17.6. The number of aromatic nitrogens is 2. The summed E-state index contributed by atoms with van der Waals surface area (Å²) in [5.74, 6) is -1.46. The Kier molecular flexibility index (Phi) is 4.97. The highest BCUT2D eigenvalue weighted by atomic mass is 16.4. The zero-order chi connectivity index (χ0) is 17.9. The third kappa shape index (κ3) is 3.95. The summed E-state index contributed by atoms with van der Waals surface area (Å²) in [7, 11) is 1.70. The van der Waals surface area contributed by atoms with Crippen molar-refractivity contribution in [2.75, 3.05) is 13.6 Å². The van der Waals surface area contributed by atoms with Gasteiger partial charge < -0.3 is 10.0 Å². The van der Waals surface area contributed by atoms with E-state index in [1.807, 2.05) is 6.92 Å². The van der Waals surface area contributed by atoms with Crippen molar-refractivity contribution < 1.29 is 14.7 Å². The molecule has 24 heavy (non-hydrogen) atoms. The van der Waals surface area contributed by atoms with E-state index in [1.165, 1.54) is 11.8 Å². The molecule has 1 heterocycles. The molecule has 1 aromatic carbocycles. The molecule has 1 amide bonds. The molecule has 2 rings (SSSR count). The van der Waals surface area contributed by atoms with E-state index in [1.54, 1.807) is 11.9 Å². The van der Waals surface area contributed by atoms with Crippen LogP contribution in [0, 0.1) is 6.92 Å². The van der Waals surface area contributed by atoms with E-state index >= 15 is 0 Å². The van der Waals surface area contributed by atoms with E-state index < -0.39 is 5.97 Å². The Hall–Kier alpha value is -2.76. The van der Waals surface area contributed by atoms with E-state index in [9.17, 15) is 9.59 Å². The molecule has 0 radical (unpaired) electrons. The first-order chi connectivity index (χ1) is 11.2. The zero-order valence-corrected chi connectivity index (χ0v) is 14.3. The van der Waals surface area contributed by atoms with Gasteiger partial charge in [-0.1, -0.05) is 43.7 Å². The lowest BCUT2D eigenvalue weighted by Crippen LogP contribution is -2.38. The summed E-state index contributed by atoms with van der Waals surface area (Å²) >= 11 is 0. The Balaban J connectivity index is 2.12. The number of carbonyl (C=O) groups excluding carboxylic acids is 1. The number of benzene rings is 1. The van der Waals surface area contributed by atoms with Crippen LogP contribution < -0.4 is 0 Å². The summed E-state index contributed by atoms with van der Waals surface area (Å²) in [6.07, 6.45) is 2.29. The second kappa shape index (κ2) is 6.78. The minimum absolute atomic E-state index is 0.127. The first-order valence-electron chi connectivity index (χ1n) is 7.58. The molecule has 0 unspecified atom stereocenters. The number of nitrogens with zero attached hydrogens (tertiary/aromatic N) is 3. The summed E-state index contributed by atoms with van der Waals surface area (Å²) in [5, 5.41) is 8.82. The van der Waals surface area contributed by atoms with Crippen molar-refractivity contribution in [3.05, 3.63) is 59.2 Å². The van der Waals surface area contributed by atoms with Crippen molar-refractivity contribution in [3.63, 3.8) is 0 Å². The van der Waals surface area contributed by atoms with Crippen LogP contribution in [0.4, 0.5) is 0 Å². The Morgan fingerprint density at radius 2 is 1.62 bits per heavy atom. The Labute approximate surface area is 141 Å². The van der Waals surface area contributed by atoms with Crippen LogP contribution in [-0.4, -0.2) is 45.4 Å². The molecule has 0 atom stereocenters. The van der Waals surface area contributed by atoms with Gasteiger partial charge in [0.05, 0.1) is 12.4 Å². The maximum Gasteiger partial charge on any atom is 0.356 e. The smallest absolute Gasteiger partial charge is 0.356 e. The summed E-state index contributed by atoms with van der Waals surface area (Å²) in [6.45, 7) is 6.67. The third-order valence-corrected chi connectivity index (χ3v) is 3.90. The normalized spacial score (nSPS) is 11.2. The number of carboxylic acid groups (broad SMARTS) is 1. The molecular formula is C18H21N3O3. The number of likely N-dealkylation sites (N-methyl/N-ethyl adjacent to an activating group) is 1. The fourth-order valence-electron chi connectivity index (χ4n) is 2.51. The lowest BCUT2D eigenvalue weighted by molar-refractivity contribution is 0.0686. The molecule has 0 saturated heterocycles. The van der Waals surface area contributed by atoms with Gasteiger partial charge in [-0.05, 0) is 12.5 Å². The van der Waals surface area contributed by atoms with Crippen molar-refractivity contribution in [3.8, 4) is 0 Å². The summed E-state index contributed by atoms with van der Waals surface area (Å²) in [4.78, 5) is 32.5. The molecule has 0 spiro atoms. The molecule has 6 nitrogen and oxygen atoms in total. The van der Waals surface area contributed by atoms with Gasteiger partial charge >= 0.3 is 5.97 Å². The van der Waals surface area contributed by atoms with Crippen molar-refractivity contribution in [1.82, 2.24) is 14.9 Å². The van der Waals surface area contributed by atoms with E-state index in [0.717, 1.165) is 11.8 Å². The molecule has 0 aliphatic heterocycles. The second-order valence-electron chi connectivity index (χ2n) is 6.50. The van der Waals surface area contributed by atoms with Gasteiger partial charge in [0.2, 0.25) is 0 Å². The first-order valence-corrected chi connectivity index (χ1v) is 7.58. The lowest BCUT2D eigenvalue weighted by atomic mass is 9.84. The van der Waals surface area contributed by atoms with Crippen LogP contribution in [0.5, 0.6) is 0 Å². The number of amides is 1. The van der Waals surface area contributed by atoms with Gasteiger partial charge in [0.1, 0.15) is 5.69 Å². The van der Waals surface area contributed by atoms with Crippen LogP contribution in [0.25, 0.3) is 0 Å². The SMILES string of the molecule is Cc1ccc(C(C)(C)CN(C)C(=O)c2cnc(C(=O)O)cn2)cc1. The van der Waals surface area contributed by atoms with Crippen LogP contribution in [-0.2, 0) is 5.41 Å². The molecule has 126 valence electrons. The minimum Gasteiger partial charge on any atom is -0.476 e. The number of rotatable bonds is 5. The number of hydrogen-bond acceptors (Lipinski definition) is 4. The molecular weight excluding hydrogens is 306 g/mol. The third-order valence-electron chi connectivity index (χ3n) is 3.90. The van der Waals surface area contributed by atoms with Gasteiger partial charge in [-0.2, -0.15) is 0 Å². The maximum absolute atomic E-state index is 12.5. The Morgan fingerprint density at radius 3 is 2.12 bits per heavy atom. The molecule has 1 aromatic heterocycles. The highest BCUT2D eigenvalue weighted by Crippen LogP contribution is 2.24. The van der Waals surface area contributed by atoms with Gasteiger partial charge in [-0.25, -0.2) is 14.8 Å². The topological polar surface area (TPSA) is 83.4 Å². The summed E-state index contributed by atoms with van der Waals surface area (Å²) in [5.41, 5.74) is 2.04. The molecule has 0 aliphatic carbocycles. The fourth-order valence-corrected chi connectivity index (χ4v) is 2.51. The number of hydrogen-bond donors (Lipinski definition) is 1. The Morgan fingerprint density at radius 1 is 1.08 bits per heavy atom. The van der Waals surface area contributed by atoms with Crippen LogP contribution in [0.15, 0.2) is 36.7 Å². The van der Waals surface area contributed by atoms with Crippen LogP contribution in [0.1, 0.15) is 46.0 Å². The van der Waals surface area contributed by atoms with Crippen LogP contribution in [0.3, 0.4) is 0 Å². The molecule has 0 saturated carbocycles. The standard InChI is InChI=1S/C18H21N3O3/c1-12-5-7-13(8-6-12)18(2,3)11-21(4)16(22)14-9-20-15(10-19-14)17(23)24/h5-10H,11H2,1-4H3,(H,23,24). The van der Waals surface area contributed by atoms with Crippen molar-refractivity contribution in [1.29, 1.82) is 0 Å². The van der Waals surface area contributed by atoms with Crippen LogP contribution >= 0.6 is 0 Å². The molecule has 0 aliphatic rings. The predicted molar refractivity (Wildman–Crippen MR) is 90.2 cm³/mol. The summed E-state index contributed by atoms with van der Waals surface area (Å²) < 4.78 is 0. The number of aromatic carboxylic acids is 1. The van der Waals surface area contributed by atoms with Crippen molar-refractivity contribution >= 4 is 11.9 Å². The molecule has 6 heteroatoms. The highest BCUT2D eigenvalue weighted by molar-refractivity contribution is 5.92. The van der Waals surface area contributed by atoms with Crippen molar-refractivity contribution in [2.45, 2.75) is 26.2 Å². The quantitative estimate of drug-likeness (QED) is 0.912. The number of aryl methyl sites for hydroxylation is 1. The molecule has 0 bridgehead atoms. The van der Waals surface area contributed by atoms with Crippen molar-refractivity contribution in [2.24, 2.45) is 0 Å². The van der Waals surface area contributed by atoms with E-state index in [2.05, 4.69) is 48.1 Å². The monoisotopic (exact) mass is 327 g/mol. The number of carboxylic acids is 1. The van der Waals surface area contributed by atoms with Gasteiger partial charge in [0, 0.05) is 19.0 Å². The molecule has 0 fully saturated rings. The molecule has 2 aromatic rings. The predicted octanol–water partition coefficient (Wildman–Crippen LogP) is 2.53. The maximum atomic E-state index is 12.5. The summed E-state index contributed by atoms with van der Waals surface area (Å²) in [6, 6.07) is 8.23. The van der Waals surface area contributed by atoms with Crippen LogP contribution in [0.2, 0.25) is 0 Å². The lowest BCUT2D eigenvalue weighted by Gasteiger charge is -2.30. The fraction of sp³-hybridized carbons (Fsp3) is 0.333. The largest absolute Gasteiger partial charge is 0.476 e.